The van der Waals surface area contributed by atoms with Crippen molar-refractivity contribution in [2.45, 2.75) is 26.3 Å². The van der Waals surface area contributed by atoms with E-state index >= 15 is 0 Å². The standard InChI is InChI=1S/C13H20N4/c1-3-12-11-6-14-5-10(11)7-17(12)13-4-9(2)15-8-16-13/h4,8,10-12,14H,3,5-7H2,1-2H3. The number of anilines is 1. The highest BCUT2D eigenvalue weighted by atomic mass is 15.3. The van der Waals surface area contributed by atoms with E-state index in [1.165, 1.54) is 19.5 Å². The number of nitrogens with zero attached hydrogens (tertiary/aromatic N) is 3. The largest absolute Gasteiger partial charge is 0.353 e. The van der Waals surface area contributed by atoms with Gasteiger partial charge in [-0.15, -0.1) is 0 Å². The van der Waals surface area contributed by atoms with Crippen LogP contribution < -0.4 is 10.2 Å². The molecule has 0 saturated carbocycles. The van der Waals surface area contributed by atoms with E-state index in [4.69, 9.17) is 0 Å². The van der Waals surface area contributed by atoms with Crippen molar-refractivity contribution in [3.63, 3.8) is 0 Å². The lowest BCUT2D eigenvalue weighted by molar-refractivity contribution is 0.441. The Balaban J connectivity index is 1.88. The van der Waals surface area contributed by atoms with Gasteiger partial charge in [0.05, 0.1) is 0 Å². The molecule has 0 spiro atoms. The molecule has 4 nitrogen and oxygen atoms in total. The lowest BCUT2D eigenvalue weighted by Crippen LogP contribution is -2.35. The minimum Gasteiger partial charge on any atom is -0.353 e. The molecule has 3 heterocycles. The van der Waals surface area contributed by atoms with Crippen LogP contribution in [-0.4, -0.2) is 35.6 Å². The molecule has 3 unspecified atom stereocenters. The second-order valence-corrected chi connectivity index (χ2v) is 5.23. The summed E-state index contributed by atoms with van der Waals surface area (Å²) in [4.78, 5) is 11.1. The Bertz CT molecular complexity index is 406. The van der Waals surface area contributed by atoms with Crippen LogP contribution in [0.2, 0.25) is 0 Å². The molecule has 1 aromatic heterocycles. The molecule has 2 fully saturated rings. The van der Waals surface area contributed by atoms with Crippen molar-refractivity contribution in [3.05, 3.63) is 18.1 Å². The van der Waals surface area contributed by atoms with Gasteiger partial charge >= 0.3 is 0 Å². The molecule has 92 valence electrons. The van der Waals surface area contributed by atoms with Gasteiger partial charge in [0.15, 0.2) is 0 Å². The fraction of sp³-hybridized carbons (Fsp3) is 0.692. The molecular formula is C13H20N4. The highest BCUT2D eigenvalue weighted by Crippen LogP contribution is 2.36. The molecule has 17 heavy (non-hydrogen) atoms. The van der Waals surface area contributed by atoms with Crippen LogP contribution in [0.1, 0.15) is 19.0 Å². The molecular weight excluding hydrogens is 212 g/mol. The number of nitrogens with one attached hydrogen (secondary N) is 1. The van der Waals surface area contributed by atoms with Crippen LogP contribution in [0.15, 0.2) is 12.4 Å². The number of rotatable bonds is 2. The summed E-state index contributed by atoms with van der Waals surface area (Å²) in [7, 11) is 0. The van der Waals surface area contributed by atoms with Crippen molar-refractivity contribution in [2.24, 2.45) is 11.8 Å². The Morgan fingerprint density at radius 3 is 3.06 bits per heavy atom. The van der Waals surface area contributed by atoms with Gasteiger partial charge in [-0.2, -0.15) is 0 Å². The summed E-state index contributed by atoms with van der Waals surface area (Å²) in [5.41, 5.74) is 1.06. The molecule has 0 radical (unpaired) electrons. The average molecular weight is 232 g/mol. The molecule has 1 N–H and O–H groups in total. The molecule has 3 rings (SSSR count). The fourth-order valence-electron chi connectivity index (χ4n) is 3.41. The van der Waals surface area contributed by atoms with Crippen LogP contribution in [0.25, 0.3) is 0 Å². The predicted octanol–water partition coefficient (Wildman–Crippen LogP) is 1.22. The molecule has 2 aliphatic rings. The van der Waals surface area contributed by atoms with E-state index in [1.54, 1.807) is 6.33 Å². The first-order chi connectivity index (χ1) is 8.29. The maximum Gasteiger partial charge on any atom is 0.132 e. The Morgan fingerprint density at radius 2 is 2.29 bits per heavy atom. The predicted molar refractivity (Wildman–Crippen MR) is 68.0 cm³/mol. The normalized spacial score (nSPS) is 31.9. The first-order valence-corrected chi connectivity index (χ1v) is 6.55. The monoisotopic (exact) mass is 232 g/mol. The number of hydrogen-bond acceptors (Lipinski definition) is 4. The van der Waals surface area contributed by atoms with Gasteiger partial charge in [-0.1, -0.05) is 6.92 Å². The molecule has 0 bridgehead atoms. The van der Waals surface area contributed by atoms with E-state index in [0.717, 1.165) is 29.9 Å². The first kappa shape index (κ1) is 11.0. The van der Waals surface area contributed by atoms with Gasteiger partial charge in [-0.05, 0) is 25.2 Å². The average Bonchev–Trinajstić information content (AvgIpc) is 2.88. The number of fused-ring (bicyclic) bond motifs is 1. The summed E-state index contributed by atoms with van der Waals surface area (Å²) in [6.07, 6.45) is 2.88. The molecule has 0 amide bonds. The van der Waals surface area contributed by atoms with Crippen molar-refractivity contribution in [3.8, 4) is 0 Å². The third-order valence-electron chi connectivity index (χ3n) is 4.22. The highest BCUT2D eigenvalue weighted by Gasteiger charge is 2.43. The summed E-state index contributed by atoms with van der Waals surface area (Å²) >= 11 is 0. The number of hydrogen-bond donors (Lipinski definition) is 1. The Labute approximate surface area is 102 Å². The van der Waals surface area contributed by atoms with Crippen LogP contribution in [-0.2, 0) is 0 Å². The molecule has 3 atom stereocenters. The van der Waals surface area contributed by atoms with E-state index in [0.29, 0.717) is 6.04 Å². The van der Waals surface area contributed by atoms with Crippen LogP contribution in [0, 0.1) is 18.8 Å². The van der Waals surface area contributed by atoms with Crippen molar-refractivity contribution in [1.29, 1.82) is 0 Å². The summed E-state index contributed by atoms with van der Waals surface area (Å²) in [6.45, 7) is 7.80. The van der Waals surface area contributed by atoms with Gasteiger partial charge in [0, 0.05) is 37.4 Å². The van der Waals surface area contributed by atoms with Crippen molar-refractivity contribution in [2.75, 3.05) is 24.5 Å². The Morgan fingerprint density at radius 1 is 1.41 bits per heavy atom. The van der Waals surface area contributed by atoms with Gasteiger partial charge in [-0.25, -0.2) is 9.97 Å². The van der Waals surface area contributed by atoms with Crippen molar-refractivity contribution < 1.29 is 0 Å². The van der Waals surface area contributed by atoms with Gasteiger partial charge < -0.3 is 10.2 Å². The molecule has 0 aliphatic carbocycles. The lowest BCUT2D eigenvalue weighted by Gasteiger charge is -2.27. The summed E-state index contributed by atoms with van der Waals surface area (Å²) in [5.74, 6) is 2.71. The maximum absolute atomic E-state index is 4.44. The summed E-state index contributed by atoms with van der Waals surface area (Å²) in [5, 5.41) is 3.51. The van der Waals surface area contributed by atoms with Crippen LogP contribution >= 0.6 is 0 Å². The topological polar surface area (TPSA) is 41.0 Å². The SMILES string of the molecule is CCC1C2CNCC2CN1c1cc(C)ncn1. The Kier molecular flexibility index (Phi) is 2.74. The van der Waals surface area contributed by atoms with Gasteiger partial charge in [0.25, 0.3) is 0 Å². The molecule has 0 aromatic carbocycles. The van der Waals surface area contributed by atoms with Crippen molar-refractivity contribution in [1.82, 2.24) is 15.3 Å². The second-order valence-electron chi connectivity index (χ2n) is 5.23. The van der Waals surface area contributed by atoms with Gasteiger partial charge in [0.1, 0.15) is 12.1 Å². The smallest absolute Gasteiger partial charge is 0.132 e. The fourth-order valence-corrected chi connectivity index (χ4v) is 3.41. The lowest BCUT2D eigenvalue weighted by atomic mass is 9.93. The highest BCUT2D eigenvalue weighted by molar-refractivity contribution is 5.42. The third-order valence-corrected chi connectivity index (χ3v) is 4.22. The van der Waals surface area contributed by atoms with E-state index in [1.807, 2.05) is 6.92 Å². The van der Waals surface area contributed by atoms with Crippen LogP contribution in [0.5, 0.6) is 0 Å². The zero-order chi connectivity index (χ0) is 11.8. The number of aryl methyl sites for hydroxylation is 1. The zero-order valence-corrected chi connectivity index (χ0v) is 10.6. The van der Waals surface area contributed by atoms with E-state index in [-0.39, 0.29) is 0 Å². The second kappa shape index (κ2) is 4.26. The Hall–Kier alpha value is -1.16. The first-order valence-electron chi connectivity index (χ1n) is 6.55. The summed E-state index contributed by atoms with van der Waals surface area (Å²) < 4.78 is 0. The molecule has 2 aliphatic heterocycles. The zero-order valence-electron chi connectivity index (χ0n) is 10.6. The van der Waals surface area contributed by atoms with Crippen LogP contribution in [0.4, 0.5) is 5.82 Å². The van der Waals surface area contributed by atoms with Crippen LogP contribution in [0.3, 0.4) is 0 Å². The molecule has 4 heteroatoms. The van der Waals surface area contributed by atoms with Gasteiger partial charge in [-0.3, -0.25) is 0 Å². The van der Waals surface area contributed by atoms with E-state index in [9.17, 15) is 0 Å². The van der Waals surface area contributed by atoms with E-state index < -0.39 is 0 Å². The minimum atomic E-state index is 0.643. The van der Waals surface area contributed by atoms with Gasteiger partial charge in [0.2, 0.25) is 0 Å². The quantitative estimate of drug-likeness (QED) is 0.832. The summed E-state index contributed by atoms with van der Waals surface area (Å²) in [6, 6.07) is 2.75. The minimum absolute atomic E-state index is 0.643. The molecule has 1 aromatic rings. The maximum atomic E-state index is 4.44. The number of aromatic nitrogens is 2. The van der Waals surface area contributed by atoms with E-state index in [2.05, 4.69) is 33.2 Å². The third kappa shape index (κ3) is 1.80. The van der Waals surface area contributed by atoms with Crippen molar-refractivity contribution >= 4 is 5.82 Å². The molecule has 2 saturated heterocycles.